The molecule has 6 heteroatoms. The number of nitriles is 1. The average molecular weight is 361 g/mol. The summed E-state index contributed by atoms with van der Waals surface area (Å²) in [5.41, 5.74) is 2.28. The number of carbonyl (C=O) groups excluding carboxylic acids is 1. The molecule has 3 rings (SSSR count). The van der Waals surface area contributed by atoms with Crippen LogP contribution in [0.2, 0.25) is 0 Å². The summed E-state index contributed by atoms with van der Waals surface area (Å²) < 4.78 is 0. The number of likely N-dealkylation sites (tertiary alicyclic amines) is 1. The van der Waals surface area contributed by atoms with Gasteiger partial charge in [0.15, 0.2) is 0 Å². The summed E-state index contributed by atoms with van der Waals surface area (Å²) in [7, 11) is 2.14. The number of carbonyl (C=O) groups is 1. The van der Waals surface area contributed by atoms with Crippen molar-refractivity contribution in [1.82, 2.24) is 14.8 Å². The lowest BCUT2D eigenvalue weighted by atomic mass is 9.74. The van der Waals surface area contributed by atoms with E-state index in [1.54, 1.807) is 11.3 Å². The van der Waals surface area contributed by atoms with Gasteiger partial charge in [-0.15, -0.1) is 11.3 Å². The van der Waals surface area contributed by atoms with Crippen LogP contribution < -0.4 is 0 Å². The Balaban J connectivity index is 1.53. The van der Waals surface area contributed by atoms with E-state index in [1.807, 2.05) is 10.4 Å². The van der Waals surface area contributed by atoms with Crippen molar-refractivity contribution in [2.45, 2.75) is 52.0 Å². The monoisotopic (exact) mass is 360 g/mol. The number of hydrogen-bond acceptors (Lipinski definition) is 5. The molecule has 0 aromatic carbocycles. The van der Waals surface area contributed by atoms with Crippen LogP contribution in [0.4, 0.5) is 0 Å². The fraction of sp³-hybridized carbons (Fsp3) is 0.737. The molecule has 1 saturated carbocycles. The van der Waals surface area contributed by atoms with Crippen molar-refractivity contribution in [1.29, 1.82) is 5.26 Å². The first kappa shape index (κ1) is 18.3. The van der Waals surface area contributed by atoms with Crippen molar-refractivity contribution in [2.24, 2.45) is 11.3 Å². The molecular weight excluding hydrogens is 332 g/mol. The third-order valence-electron chi connectivity index (χ3n) is 5.73. The number of amides is 1. The lowest BCUT2D eigenvalue weighted by Gasteiger charge is -2.33. The van der Waals surface area contributed by atoms with E-state index in [0.29, 0.717) is 5.92 Å². The maximum atomic E-state index is 13.0. The van der Waals surface area contributed by atoms with Crippen LogP contribution in [-0.2, 0) is 11.3 Å². The molecule has 1 aromatic rings. The van der Waals surface area contributed by atoms with Gasteiger partial charge in [0.1, 0.15) is 5.41 Å². The second kappa shape index (κ2) is 7.84. The first-order chi connectivity index (χ1) is 12.0. The second-order valence-corrected chi connectivity index (χ2v) is 8.66. The van der Waals surface area contributed by atoms with Gasteiger partial charge in [-0.3, -0.25) is 4.79 Å². The van der Waals surface area contributed by atoms with E-state index in [2.05, 4.69) is 29.9 Å². The standard InChI is InChI=1S/C19H28N4OS/c1-15-17(25-14-21-15)12-22(2)10-16-6-9-23(11-16)18(24)19(13-20)7-4-3-5-8-19/h14,16H,3-12H2,1-2H3. The Labute approximate surface area is 154 Å². The van der Waals surface area contributed by atoms with E-state index in [4.69, 9.17) is 0 Å². The van der Waals surface area contributed by atoms with E-state index in [9.17, 15) is 10.1 Å². The highest BCUT2D eigenvalue weighted by molar-refractivity contribution is 7.09. The van der Waals surface area contributed by atoms with Gasteiger partial charge < -0.3 is 9.80 Å². The highest BCUT2D eigenvalue weighted by atomic mass is 32.1. The van der Waals surface area contributed by atoms with Gasteiger partial charge >= 0.3 is 0 Å². The predicted octanol–water partition coefficient (Wildman–Crippen LogP) is 3.21. The van der Waals surface area contributed by atoms with Crippen molar-refractivity contribution in [2.75, 3.05) is 26.7 Å². The molecule has 1 atom stereocenters. The molecule has 5 nitrogen and oxygen atoms in total. The Morgan fingerprint density at radius 1 is 1.48 bits per heavy atom. The van der Waals surface area contributed by atoms with E-state index >= 15 is 0 Å². The first-order valence-corrected chi connectivity index (χ1v) is 10.2. The highest BCUT2D eigenvalue weighted by Gasteiger charge is 2.44. The molecule has 0 N–H and O–H groups in total. The maximum Gasteiger partial charge on any atom is 0.243 e. The summed E-state index contributed by atoms with van der Waals surface area (Å²) >= 11 is 1.71. The molecule has 2 fully saturated rings. The molecule has 1 aromatic heterocycles. The van der Waals surface area contributed by atoms with Gasteiger partial charge in [-0.2, -0.15) is 5.26 Å². The Bertz CT molecular complexity index is 644. The highest BCUT2D eigenvalue weighted by Crippen LogP contribution is 2.38. The topological polar surface area (TPSA) is 60.2 Å². The Kier molecular flexibility index (Phi) is 5.75. The molecule has 1 unspecified atom stereocenters. The van der Waals surface area contributed by atoms with Gasteiger partial charge in [-0.25, -0.2) is 4.98 Å². The quantitative estimate of drug-likeness (QED) is 0.809. The maximum absolute atomic E-state index is 13.0. The van der Waals surface area contributed by atoms with Crippen LogP contribution in [0.1, 0.15) is 49.1 Å². The number of nitrogens with zero attached hydrogens (tertiary/aromatic N) is 4. The first-order valence-electron chi connectivity index (χ1n) is 9.32. The van der Waals surface area contributed by atoms with Crippen molar-refractivity contribution in [3.8, 4) is 6.07 Å². The third-order valence-corrected chi connectivity index (χ3v) is 6.65. The summed E-state index contributed by atoms with van der Waals surface area (Å²) in [4.78, 5) is 22.9. The van der Waals surface area contributed by atoms with E-state index in [1.165, 1.54) is 4.88 Å². The lowest BCUT2D eigenvalue weighted by molar-refractivity contribution is -0.139. The molecule has 1 amide bonds. The van der Waals surface area contributed by atoms with Crippen LogP contribution in [0, 0.1) is 29.6 Å². The minimum atomic E-state index is -0.737. The Morgan fingerprint density at radius 2 is 2.24 bits per heavy atom. The van der Waals surface area contributed by atoms with Crippen molar-refractivity contribution in [3.63, 3.8) is 0 Å². The summed E-state index contributed by atoms with van der Waals surface area (Å²) in [6, 6.07) is 2.38. The van der Waals surface area contributed by atoms with Crippen LogP contribution in [-0.4, -0.2) is 47.4 Å². The van der Waals surface area contributed by atoms with E-state index < -0.39 is 5.41 Å². The van der Waals surface area contributed by atoms with Gasteiger partial charge in [-0.05, 0) is 39.2 Å². The molecule has 2 heterocycles. The fourth-order valence-electron chi connectivity index (χ4n) is 4.23. The number of hydrogen-bond donors (Lipinski definition) is 0. The molecule has 136 valence electrons. The summed E-state index contributed by atoms with van der Waals surface area (Å²) in [5.74, 6) is 0.597. The summed E-state index contributed by atoms with van der Waals surface area (Å²) in [5, 5.41) is 9.64. The predicted molar refractivity (Wildman–Crippen MR) is 99.0 cm³/mol. The molecule has 0 bridgehead atoms. The fourth-order valence-corrected chi connectivity index (χ4v) is 5.08. The Morgan fingerprint density at radius 3 is 2.88 bits per heavy atom. The van der Waals surface area contributed by atoms with Gasteiger partial charge in [0, 0.05) is 31.1 Å². The molecule has 1 aliphatic carbocycles. The third kappa shape index (κ3) is 4.04. The smallest absolute Gasteiger partial charge is 0.243 e. The zero-order chi connectivity index (χ0) is 17.9. The van der Waals surface area contributed by atoms with Crippen molar-refractivity contribution >= 4 is 17.2 Å². The van der Waals surface area contributed by atoms with E-state index in [0.717, 1.165) is 70.4 Å². The molecule has 0 radical (unpaired) electrons. The summed E-state index contributed by atoms with van der Waals surface area (Å²) in [6.45, 7) is 5.57. The zero-order valence-electron chi connectivity index (χ0n) is 15.3. The minimum absolute atomic E-state index is 0.0955. The Hall–Kier alpha value is -1.45. The number of rotatable bonds is 5. The SMILES string of the molecule is Cc1ncsc1CN(C)CC1CCN(C(=O)C2(C#N)CCCCC2)C1. The van der Waals surface area contributed by atoms with Gasteiger partial charge in [0.25, 0.3) is 0 Å². The molecule has 1 aliphatic heterocycles. The van der Waals surface area contributed by atoms with Gasteiger partial charge in [0.05, 0.1) is 17.3 Å². The largest absolute Gasteiger partial charge is 0.341 e. The van der Waals surface area contributed by atoms with Gasteiger partial charge in [0.2, 0.25) is 5.91 Å². The van der Waals surface area contributed by atoms with Crippen molar-refractivity contribution in [3.05, 3.63) is 16.1 Å². The number of aryl methyl sites for hydroxylation is 1. The van der Waals surface area contributed by atoms with Gasteiger partial charge in [-0.1, -0.05) is 19.3 Å². The zero-order valence-corrected chi connectivity index (χ0v) is 16.1. The van der Waals surface area contributed by atoms with E-state index in [-0.39, 0.29) is 5.91 Å². The van der Waals surface area contributed by atoms with Crippen LogP contribution in [0.25, 0.3) is 0 Å². The molecule has 1 saturated heterocycles. The molecule has 2 aliphatic rings. The number of thiazole rings is 1. The van der Waals surface area contributed by atoms with Crippen LogP contribution in [0.3, 0.4) is 0 Å². The minimum Gasteiger partial charge on any atom is -0.341 e. The second-order valence-electron chi connectivity index (χ2n) is 7.72. The normalized spacial score (nSPS) is 23.0. The molecular formula is C19H28N4OS. The molecule has 0 spiro atoms. The van der Waals surface area contributed by atoms with Crippen LogP contribution >= 0.6 is 11.3 Å². The van der Waals surface area contributed by atoms with Crippen LogP contribution in [0.5, 0.6) is 0 Å². The lowest BCUT2D eigenvalue weighted by Crippen LogP contribution is -2.43. The average Bonchev–Trinajstić information content (AvgIpc) is 3.24. The van der Waals surface area contributed by atoms with Crippen LogP contribution in [0.15, 0.2) is 5.51 Å². The molecule has 25 heavy (non-hydrogen) atoms. The van der Waals surface area contributed by atoms with Crippen molar-refractivity contribution < 1.29 is 4.79 Å². The summed E-state index contributed by atoms with van der Waals surface area (Å²) in [6.07, 6.45) is 5.70. The number of aromatic nitrogens is 1.